The number of carboxylic acid groups (broad SMARTS) is 1. The molecular formula is C23H24F3N3O7S. The van der Waals surface area contributed by atoms with E-state index in [1.54, 1.807) is 48.7 Å². The molecular weight excluding hydrogens is 519 g/mol. The zero-order valence-corrected chi connectivity index (χ0v) is 20.4. The fourth-order valence-electron chi connectivity index (χ4n) is 4.88. The Labute approximate surface area is 210 Å². The number of carbonyl (C=O) groups excluding carboxylic acids is 1. The quantitative estimate of drug-likeness (QED) is 0.620. The van der Waals surface area contributed by atoms with E-state index in [2.05, 4.69) is 4.98 Å². The minimum absolute atomic E-state index is 0.132. The van der Waals surface area contributed by atoms with Crippen LogP contribution in [0.1, 0.15) is 22.3 Å². The summed E-state index contributed by atoms with van der Waals surface area (Å²) in [5.74, 6) is -2.28. The van der Waals surface area contributed by atoms with E-state index in [-0.39, 0.29) is 31.6 Å². The molecule has 1 aromatic carbocycles. The fraction of sp³-hybridized carbons (Fsp3) is 0.435. The average molecular weight is 544 g/mol. The molecule has 3 aliphatic heterocycles. The number of benzene rings is 1. The lowest BCUT2D eigenvalue weighted by Crippen LogP contribution is -2.56. The number of carbonyl (C=O) groups is 2. The molecule has 0 unspecified atom stereocenters. The monoisotopic (exact) mass is 543 g/mol. The average Bonchev–Trinajstić information content (AvgIpc) is 3.23. The maximum Gasteiger partial charge on any atom is 0.490 e. The molecule has 1 aromatic heterocycles. The van der Waals surface area contributed by atoms with Crippen molar-refractivity contribution >= 4 is 21.9 Å². The van der Waals surface area contributed by atoms with Gasteiger partial charge in [0.25, 0.3) is 5.91 Å². The van der Waals surface area contributed by atoms with E-state index in [0.29, 0.717) is 24.3 Å². The lowest BCUT2D eigenvalue weighted by molar-refractivity contribution is -0.192. The second-order valence-corrected chi connectivity index (χ2v) is 11.0. The van der Waals surface area contributed by atoms with Gasteiger partial charge in [-0.2, -0.15) is 17.5 Å². The molecule has 3 fully saturated rings. The SMILES string of the molecule is COc1cccc(C(=O)N2C[C@H]3C[C@H]4[C@](C2)(CN(Cc2ccncc2)S4(=O)=O)O3)c1.O=C(O)C(F)(F)F. The first-order valence-corrected chi connectivity index (χ1v) is 12.7. The number of aromatic nitrogens is 1. The summed E-state index contributed by atoms with van der Waals surface area (Å²) in [6.45, 7) is 1.19. The number of alkyl halides is 3. The van der Waals surface area contributed by atoms with Gasteiger partial charge in [0, 0.05) is 37.6 Å². The van der Waals surface area contributed by atoms with Crippen LogP contribution in [0.2, 0.25) is 0 Å². The summed E-state index contributed by atoms with van der Waals surface area (Å²) in [6, 6.07) is 10.6. The third kappa shape index (κ3) is 5.40. The minimum Gasteiger partial charge on any atom is -0.497 e. The number of hydrogen-bond donors (Lipinski definition) is 1. The first-order valence-electron chi connectivity index (χ1n) is 11.1. The molecule has 3 atom stereocenters. The van der Waals surface area contributed by atoms with Crippen LogP contribution in [0.5, 0.6) is 5.75 Å². The van der Waals surface area contributed by atoms with E-state index < -0.39 is 33.0 Å². The van der Waals surface area contributed by atoms with Crippen molar-refractivity contribution in [3.05, 3.63) is 59.9 Å². The van der Waals surface area contributed by atoms with Gasteiger partial charge in [-0.15, -0.1) is 0 Å². The molecule has 1 amide bonds. The van der Waals surface area contributed by atoms with Gasteiger partial charge in [-0.1, -0.05) is 6.07 Å². The predicted molar refractivity (Wildman–Crippen MR) is 122 cm³/mol. The van der Waals surface area contributed by atoms with Crippen molar-refractivity contribution in [1.82, 2.24) is 14.2 Å². The lowest BCUT2D eigenvalue weighted by Gasteiger charge is -2.39. The number of halogens is 3. The standard InChI is InChI=1S/C21H23N3O5S.C2HF3O2/c1-28-17-4-2-3-16(9-17)20(25)23-12-18-10-19-21(13-23,29-18)14-24(30(19,26)27)11-15-5-7-22-8-6-15;3-2(4,5)1(6)7/h2-9,18-19H,10-14H2,1H3;(H,6,7)/t18-,19+,21+;/m1./s1. The molecule has 0 aliphatic carbocycles. The van der Waals surface area contributed by atoms with Gasteiger partial charge < -0.3 is 19.5 Å². The Kier molecular flexibility index (Phi) is 7.18. The highest BCUT2D eigenvalue weighted by Crippen LogP contribution is 2.47. The molecule has 0 saturated carbocycles. The Morgan fingerprint density at radius 3 is 2.51 bits per heavy atom. The zero-order valence-electron chi connectivity index (χ0n) is 19.6. The molecule has 37 heavy (non-hydrogen) atoms. The summed E-state index contributed by atoms with van der Waals surface area (Å²) in [5.41, 5.74) is 0.517. The van der Waals surface area contributed by atoms with Crippen molar-refractivity contribution in [2.24, 2.45) is 0 Å². The van der Waals surface area contributed by atoms with Gasteiger partial charge in [0.05, 0.1) is 19.8 Å². The largest absolute Gasteiger partial charge is 0.497 e. The summed E-state index contributed by atoms with van der Waals surface area (Å²) in [6.07, 6.45) is -1.63. The number of likely N-dealkylation sites (tertiary alicyclic amines) is 1. The van der Waals surface area contributed by atoms with Gasteiger partial charge in [0.2, 0.25) is 10.0 Å². The number of hydrogen-bond acceptors (Lipinski definition) is 7. The summed E-state index contributed by atoms with van der Waals surface area (Å²) in [4.78, 5) is 27.8. The molecule has 0 radical (unpaired) electrons. The van der Waals surface area contributed by atoms with E-state index in [1.165, 1.54) is 4.31 Å². The van der Waals surface area contributed by atoms with Crippen molar-refractivity contribution in [3.8, 4) is 5.75 Å². The number of aliphatic carboxylic acids is 1. The number of amides is 1. The van der Waals surface area contributed by atoms with Crippen LogP contribution in [0.4, 0.5) is 13.2 Å². The molecule has 3 saturated heterocycles. The summed E-state index contributed by atoms with van der Waals surface area (Å²) < 4.78 is 71.2. The fourth-order valence-corrected chi connectivity index (χ4v) is 7.17. The van der Waals surface area contributed by atoms with E-state index in [4.69, 9.17) is 19.4 Å². The molecule has 1 spiro atoms. The number of ether oxygens (including phenoxy) is 2. The summed E-state index contributed by atoms with van der Waals surface area (Å²) in [5, 5.41) is 6.50. The third-order valence-electron chi connectivity index (χ3n) is 6.47. The number of carboxylic acids is 1. The summed E-state index contributed by atoms with van der Waals surface area (Å²) in [7, 11) is -1.96. The molecule has 14 heteroatoms. The van der Waals surface area contributed by atoms with Gasteiger partial charge in [0.1, 0.15) is 16.6 Å². The Morgan fingerprint density at radius 1 is 1.22 bits per heavy atom. The van der Waals surface area contributed by atoms with Crippen LogP contribution in [0, 0.1) is 0 Å². The Morgan fingerprint density at radius 2 is 1.89 bits per heavy atom. The van der Waals surface area contributed by atoms with Crippen molar-refractivity contribution < 1.29 is 45.8 Å². The van der Waals surface area contributed by atoms with Crippen LogP contribution in [0.3, 0.4) is 0 Å². The number of pyridine rings is 1. The second kappa shape index (κ2) is 9.91. The van der Waals surface area contributed by atoms with E-state index in [1.807, 2.05) is 12.1 Å². The van der Waals surface area contributed by atoms with E-state index >= 15 is 0 Å². The summed E-state index contributed by atoms with van der Waals surface area (Å²) >= 11 is 0. The number of nitrogens with zero attached hydrogens (tertiary/aromatic N) is 3. The van der Waals surface area contributed by atoms with Crippen molar-refractivity contribution in [2.45, 2.75) is 36.1 Å². The van der Waals surface area contributed by atoms with Crippen molar-refractivity contribution in [2.75, 3.05) is 26.7 Å². The molecule has 4 heterocycles. The molecule has 2 bridgehead atoms. The van der Waals surface area contributed by atoms with Gasteiger partial charge in [0.15, 0.2) is 0 Å². The van der Waals surface area contributed by atoms with Crippen LogP contribution in [0.15, 0.2) is 48.8 Å². The maximum atomic E-state index is 13.3. The number of rotatable bonds is 4. The van der Waals surface area contributed by atoms with Crippen LogP contribution >= 0.6 is 0 Å². The second-order valence-electron chi connectivity index (χ2n) is 8.92. The number of fused-ring (bicyclic) bond motifs is 1. The van der Waals surface area contributed by atoms with Crippen LogP contribution in [0.25, 0.3) is 0 Å². The third-order valence-corrected chi connectivity index (χ3v) is 8.78. The minimum atomic E-state index is -5.08. The number of methoxy groups -OCH3 is 1. The molecule has 200 valence electrons. The first-order chi connectivity index (χ1) is 17.4. The topological polar surface area (TPSA) is 126 Å². The predicted octanol–water partition coefficient (Wildman–Crippen LogP) is 1.92. The highest BCUT2D eigenvalue weighted by atomic mass is 32.2. The Bertz CT molecular complexity index is 1280. The Hall–Kier alpha value is -3.23. The smallest absolute Gasteiger partial charge is 0.490 e. The molecule has 10 nitrogen and oxygen atoms in total. The van der Waals surface area contributed by atoms with E-state index in [0.717, 1.165) is 5.56 Å². The van der Waals surface area contributed by atoms with Gasteiger partial charge in [-0.05, 0) is 42.3 Å². The molecule has 3 aliphatic rings. The highest BCUT2D eigenvalue weighted by Gasteiger charge is 2.65. The normalized spacial score (nSPS) is 26.1. The molecule has 2 aromatic rings. The van der Waals surface area contributed by atoms with Gasteiger partial charge in [-0.25, -0.2) is 13.2 Å². The molecule has 5 rings (SSSR count). The van der Waals surface area contributed by atoms with Crippen LogP contribution in [-0.2, 0) is 26.1 Å². The maximum absolute atomic E-state index is 13.3. The highest BCUT2D eigenvalue weighted by molar-refractivity contribution is 7.90. The zero-order chi connectivity index (χ0) is 27.0. The number of sulfonamides is 1. The van der Waals surface area contributed by atoms with Crippen molar-refractivity contribution in [1.29, 1.82) is 0 Å². The van der Waals surface area contributed by atoms with Crippen LogP contribution in [-0.4, -0.2) is 89.5 Å². The Balaban J connectivity index is 0.000000405. The van der Waals surface area contributed by atoms with Crippen molar-refractivity contribution in [3.63, 3.8) is 0 Å². The number of morpholine rings is 1. The van der Waals surface area contributed by atoms with Gasteiger partial charge in [-0.3, -0.25) is 9.78 Å². The van der Waals surface area contributed by atoms with E-state index in [9.17, 15) is 26.4 Å². The molecule has 1 N–H and O–H groups in total. The first kappa shape index (κ1) is 26.8. The lowest BCUT2D eigenvalue weighted by atomic mass is 9.99. The van der Waals surface area contributed by atoms with Crippen LogP contribution < -0.4 is 4.74 Å². The van der Waals surface area contributed by atoms with Gasteiger partial charge >= 0.3 is 12.1 Å².